The number of hydrogen-bond donors (Lipinski definition) is 2. The van der Waals surface area contributed by atoms with Gasteiger partial charge in [0.05, 0.1) is 12.7 Å². The van der Waals surface area contributed by atoms with Gasteiger partial charge in [0.25, 0.3) is 0 Å². The highest BCUT2D eigenvalue weighted by Crippen LogP contribution is 2.29. The Morgan fingerprint density at radius 1 is 1.10 bits per heavy atom. The molecule has 3 N–H and O–H groups in total. The number of alkyl halides is 3. The molecular formula is C21H21F3N6O. The lowest BCUT2D eigenvalue weighted by atomic mass is 10.1. The fraction of sp³-hybridized carbons (Fsp3) is 0.286. The minimum atomic E-state index is -4.32. The summed E-state index contributed by atoms with van der Waals surface area (Å²) in [5.41, 5.74) is 7.44. The Labute approximate surface area is 176 Å². The van der Waals surface area contributed by atoms with Crippen LogP contribution in [0, 0.1) is 0 Å². The molecule has 0 aliphatic heterocycles. The smallest absolute Gasteiger partial charge is 0.416 e. The molecule has 2 aromatic heterocycles. The minimum Gasteiger partial charge on any atom is -0.494 e. The first-order valence-corrected chi connectivity index (χ1v) is 9.71. The van der Waals surface area contributed by atoms with Crippen LogP contribution >= 0.6 is 0 Å². The van der Waals surface area contributed by atoms with Gasteiger partial charge in [-0.25, -0.2) is 9.97 Å². The van der Waals surface area contributed by atoms with Crippen molar-refractivity contribution in [3.63, 3.8) is 0 Å². The SMILES string of the molecule is COc1cccc2c1nc(N)n1nc(CCCNCc3ccc(C(F)(F)F)cc3)nc21. The molecule has 2 heterocycles. The Morgan fingerprint density at radius 3 is 2.58 bits per heavy atom. The number of fused-ring (bicyclic) bond motifs is 3. The van der Waals surface area contributed by atoms with E-state index in [-0.39, 0.29) is 5.95 Å². The van der Waals surface area contributed by atoms with Crippen LogP contribution in [0.1, 0.15) is 23.4 Å². The maximum absolute atomic E-state index is 12.6. The summed E-state index contributed by atoms with van der Waals surface area (Å²) in [7, 11) is 1.57. The molecule has 4 rings (SSSR count). The fourth-order valence-corrected chi connectivity index (χ4v) is 3.36. The topological polar surface area (TPSA) is 90.4 Å². The first-order valence-electron chi connectivity index (χ1n) is 9.71. The van der Waals surface area contributed by atoms with E-state index >= 15 is 0 Å². The maximum atomic E-state index is 12.6. The summed E-state index contributed by atoms with van der Waals surface area (Å²) in [5, 5.41) is 8.47. The van der Waals surface area contributed by atoms with Gasteiger partial charge in [-0.2, -0.15) is 17.7 Å². The molecule has 162 valence electrons. The van der Waals surface area contributed by atoms with E-state index in [2.05, 4.69) is 20.4 Å². The number of hydrogen-bond acceptors (Lipinski definition) is 6. The lowest BCUT2D eigenvalue weighted by molar-refractivity contribution is -0.137. The number of halogens is 3. The number of anilines is 1. The molecule has 0 bridgehead atoms. The van der Waals surface area contributed by atoms with E-state index in [0.29, 0.717) is 42.2 Å². The van der Waals surface area contributed by atoms with Crippen LogP contribution in [0.5, 0.6) is 5.75 Å². The molecule has 7 nitrogen and oxygen atoms in total. The highest BCUT2D eigenvalue weighted by atomic mass is 19.4. The zero-order valence-corrected chi connectivity index (χ0v) is 16.8. The van der Waals surface area contributed by atoms with Gasteiger partial charge in [0.15, 0.2) is 11.5 Å². The van der Waals surface area contributed by atoms with Crippen LogP contribution in [-0.4, -0.2) is 33.2 Å². The third-order valence-corrected chi connectivity index (χ3v) is 4.92. The van der Waals surface area contributed by atoms with Gasteiger partial charge < -0.3 is 15.8 Å². The molecule has 0 radical (unpaired) electrons. The van der Waals surface area contributed by atoms with Crippen molar-refractivity contribution in [1.82, 2.24) is 24.9 Å². The highest BCUT2D eigenvalue weighted by molar-refractivity contribution is 5.95. The Kier molecular flexibility index (Phi) is 5.64. The molecule has 0 atom stereocenters. The molecule has 0 aliphatic carbocycles. The number of aryl methyl sites for hydroxylation is 1. The van der Waals surface area contributed by atoms with Crippen LogP contribution in [0.2, 0.25) is 0 Å². The van der Waals surface area contributed by atoms with Crippen LogP contribution in [0.3, 0.4) is 0 Å². The zero-order valence-electron chi connectivity index (χ0n) is 16.8. The first-order chi connectivity index (χ1) is 14.9. The number of para-hydroxylation sites is 1. The Balaban J connectivity index is 1.37. The summed E-state index contributed by atoms with van der Waals surface area (Å²) < 4.78 is 44.7. The Hall–Kier alpha value is -3.40. The molecule has 0 saturated carbocycles. The Bertz CT molecular complexity index is 1200. The van der Waals surface area contributed by atoms with Crippen molar-refractivity contribution >= 4 is 22.5 Å². The van der Waals surface area contributed by atoms with Gasteiger partial charge in [-0.05, 0) is 42.8 Å². The summed E-state index contributed by atoms with van der Waals surface area (Å²) in [5.74, 6) is 1.48. The molecule has 2 aromatic carbocycles. The number of nitrogen functional groups attached to an aromatic ring is 1. The molecule has 0 saturated heterocycles. The fourth-order valence-electron chi connectivity index (χ4n) is 3.36. The number of benzene rings is 2. The third-order valence-electron chi connectivity index (χ3n) is 4.92. The van der Waals surface area contributed by atoms with E-state index in [1.165, 1.54) is 16.6 Å². The predicted molar refractivity (Wildman–Crippen MR) is 111 cm³/mol. The van der Waals surface area contributed by atoms with E-state index in [9.17, 15) is 13.2 Å². The number of rotatable bonds is 7. The number of ether oxygens (including phenoxy) is 1. The maximum Gasteiger partial charge on any atom is 0.416 e. The van der Waals surface area contributed by atoms with Gasteiger partial charge in [-0.1, -0.05) is 18.2 Å². The summed E-state index contributed by atoms with van der Waals surface area (Å²) in [4.78, 5) is 8.99. The molecule has 0 fully saturated rings. The van der Waals surface area contributed by atoms with E-state index in [0.717, 1.165) is 29.5 Å². The van der Waals surface area contributed by atoms with Gasteiger partial charge in [-0.15, -0.1) is 5.10 Å². The van der Waals surface area contributed by atoms with Gasteiger partial charge in [0, 0.05) is 18.4 Å². The van der Waals surface area contributed by atoms with E-state index in [4.69, 9.17) is 10.5 Å². The zero-order chi connectivity index (χ0) is 22.0. The van der Waals surface area contributed by atoms with Crippen molar-refractivity contribution in [1.29, 1.82) is 0 Å². The standard InChI is InChI=1S/C21H21F3N6O/c1-31-16-5-2-4-15-18(16)28-20(25)30-19(15)27-17(29-30)6-3-11-26-12-13-7-9-14(10-8-13)21(22,23)24/h2,4-5,7-10,26H,3,6,11-12H2,1H3,(H2,25,28). The molecule has 0 aliphatic rings. The number of methoxy groups -OCH3 is 1. The average molecular weight is 430 g/mol. The minimum absolute atomic E-state index is 0.228. The molecule has 0 amide bonds. The second-order valence-electron chi connectivity index (χ2n) is 7.06. The van der Waals surface area contributed by atoms with Crippen LogP contribution in [0.25, 0.3) is 16.6 Å². The number of nitrogens with two attached hydrogens (primary N) is 1. The van der Waals surface area contributed by atoms with E-state index in [1.807, 2.05) is 18.2 Å². The van der Waals surface area contributed by atoms with Crippen molar-refractivity contribution in [2.24, 2.45) is 0 Å². The van der Waals surface area contributed by atoms with Gasteiger partial charge in [-0.3, -0.25) is 0 Å². The normalized spacial score (nSPS) is 12.0. The van der Waals surface area contributed by atoms with E-state index in [1.54, 1.807) is 7.11 Å². The van der Waals surface area contributed by atoms with Gasteiger partial charge >= 0.3 is 6.18 Å². The number of nitrogens with one attached hydrogen (secondary N) is 1. The van der Waals surface area contributed by atoms with Crippen molar-refractivity contribution in [2.75, 3.05) is 19.4 Å². The van der Waals surface area contributed by atoms with Crippen molar-refractivity contribution in [3.8, 4) is 5.75 Å². The highest BCUT2D eigenvalue weighted by Gasteiger charge is 2.29. The largest absolute Gasteiger partial charge is 0.494 e. The summed E-state index contributed by atoms with van der Waals surface area (Å²) in [6.45, 7) is 1.15. The summed E-state index contributed by atoms with van der Waals surface area (Å²) in [6, 6.07) is 10.7. The molecule has 31 heavy (non-hydrogen) atoms. The van der Waals surface area contributed by atoms with Gasteiger partial charge in [0.2, 0.25) is 5.95 Å². The molecular weight excluding hydrogens is 409 g/mol. The lowest BCUT2D eigenvalue weighted by Crippen LogP contribution is -2.15. The molecule has 4 aromatic rings. The van der Waals surface area contributed by atoms with Gasteiger partial charge in [0.1, 0.15) is 11.3 Å². The van der Waals surface area contributed by atoms with Crippen LogP contribution < -0.4 is 15.8 Å². The van der Waals surface area contributed by atoms with Crippen LogP contribution in [0.15, 0.2) is 42.5 Å². The predicted octanol–water partition coefficient (Wildman–Crippen LogP) is 3.61. The summed E-state index contributed by atoms with van der Waals surface area (Å²) >= 11 is 0. The molecule has 0 spiro atoms. The second kappa shape index (κ2) is 8.38. The Morgan fingerprint density at radius 2 is 1.87 bits per heavy atom. The van der Waals surface area contributed by atoms with Crippen molar-refractivity contribution < 1.29 is 17.9 Å². The van der Waals surface area contributed by atoms with Crippen LogP contribution in [0.4, 0.5) is 19.1 Å². The second-order valence-corrected chi connectivity index (χ2v) is 7.06. The third kappa shape index (κ3) is 4.38. The van der Waals surface area contributed by atoms with Crippen molar-refractivity contribution in [2.45, 2.75) is 25.6 Å². The number of aromatic nitrogens is 4. The number of nitrogens with zero attached hydrogens (tertiary/aromatic N) is 4. The lowest BCUT2D eigenvalue weighted by Gasteiger charge is -2.08. The first kappa shape index (κ1) is 20.9. The average Bonchev–Trinajstić information content (AvgIpc) is 3.18. The summed E-state index contributed by atoms with van der Waals surface area (Å²) in [6.07, 6.45) is -2.94. The monoisotopic (exact) mass is 430 g/mol. The van der Waals surface area contributed by atoms with Crippen molar-refractivity contribution in [3.05, 3.63) is 59.4 Å². The van der Waals surface area contributed by atoms with E-state index < -0.39 is 11.7 Å². The quantitative estimate of drug-likeness (QED) is 0.436. The van der Waals surface area contributed by atoms with Crippen LogP contribution in [-0.2, 0) is 19.1 Å². The molecule has 0 unspecified atom stereocenters. The molecule has 10 heteroatoms.